The number of carbonyl (C=O) groups excluding carboxylic acids is 2. The summed E-state index contributed by atoms with van der Waals surface area (Å²) in [6.07, 6.45) is 5.05. The fraction of sp³-hybridized carbons (Fsp3) is 0.643. The maximum absolute atomic E-state index is 12.4. The van der Waals surface area contributed by atoms with Crippen molar-refractivity contribution in [3.63, 3.8) is 0 Å². The Balaban J connectivity index is 1.98. The number of carbonyl (C=O) groups is 2. The van der Waals surface area contributed by atoms with E-state index < -0.39 is 0 Å². The van der Waals surface area contributed by atoms with Crippen molar-refractivity contribution in [3.8, 4) is 0 Å². The molecule has 1 aromatic rings. The molecule has 0 aromatic carbocycles. The first-order chi connectivity index (χ1) is 9.63. The third kappa shape index (κ3) is 3.18. The van der Waals surface area contributed by atoms with Gasteiger partial charge in [0.1, 0.15) is 6.04 Å². The van der Waals surface area contributed by atoms with E-state index in [1.165, 1.54) is 0 Å². The average Bonchev–Trinajstić information content (AvgIpc) is 3.00. The van der Waals surface area contributed by atoms with E-state index in [9.17, 15) is 9.59 Å². The van der Waals surface area contributed by atoms with Crippen molar-refractivity contribution in [2.75, 3.05) is 19.7 Å². The number of esters is 1. The molecular weight excluding hydrogens is 258 g/mol. The average molecular weight is 279 g/mol. The summed E-state index contributed by atoms with van der Waals surface area (Å²) in [4.78, 5) is 26.0. The van der Waals surface area contributed by atoms with Gasteiger partial charge in [0.25, 0.3) is 0 Å². The number of hydrogen-bond acceptors (Lipinski definition) is 4. The fourth-order valence-corrected chi connectivity index (χ4v) is 2.52. The van der Waals surface area contributed by atoms with Crippen molar-refractivity contribution in [1.29, 1.82) is 0 Å². The van der Waals surface area contributed by atoms with E-state index in [4.69, 9.17) is 4.74 Å². The molecule has 110 valence electrons. The van der Waals surface area contributed by atoms with E-state index in [1.807, 2.05) is 6.92 Å². The molecule has 6 nitrogen and oxygen atoms in total. The van der Waals surface area contributed by atoms with Gasteiger partial charge in [-0.25, -0.2) is 0 Å². The highest BCUT2D eigenvalue weighted by Gasteiger charge is 2.31. The van der Waals surface area contributed by atoms with Gasteiger partial charge in [-0.2, -0.15) is 5.10 Å². The first-order valence-corrected chi connectivity index (χ1v) is 7.08. The van der Waals surface area contributed by atoms with Crippen molar-refractivity contribution < 1.29 is 14.3 Å². The highest BCUT2D eigenvalue weighted by Crippen LogP contribution is 2.20. The molecule has 1 amide bonds. The van der Waals surface area contributed by atoms with Crippen LogP contribution in [0.4, 0.5) is 0 Å². The van der Waals surface area contributed by atoms with Crippen LogP contribution >= 0.6 is 0 Å². The van der Waals surface area contributed by atoms with E-state index in [0.29, 0.717) is 19.7 Å². The molecule has 0 aliphatic carbocycles. The number of likely N-dealkylation sites (tertiary alicyclic amines) is 1. The minimum atomic E-state index is -0.342. The number of nitrogens with zero attached hydrogens (tertiary/aromatic N) is 3. The van der Waals surface area contributed by atoms with Crippen LogP contribution in [0.5, 0.6) is 0 Å². The molecule has 0 spiro atoms. The van der Waals surface area contributed by atoms with Crippen molar-refractivity contribution >= 4 is 11.9 Å². The van der Waals surface area contributed by atoms with Crippen LogP contribution in [0.3, 0.4) is 0 Å². The van der Waals surface area contributed by atoms with Gasteiger partial charge in [0.05, 0.1) is 12.5 Å². The van der Waals surface area contributed by atoms with Crippen molar-refractivity contribution in [3.05, 3.63) is 18.5 Å². The summed E-state index contributed by atoms with van der Waals surface area (Å²) in [6.45, 7) is 5.14. The Morgan fingerprint density at radius 2 is 2.30 bits per heavy atom. The third-order valence-electron chi connectivity index (χ3n) is 3.63. The Hall–Kier alpha value is -1.85. The van der Waals surface area contributed by atoms with E-state index in [1.54, 1.807) is 35.0 Å². The molecule has 1 saturated heterocycles. The Morgan fingerprint density at radius 1 is 1.50 bits per heavy atom. The summed E-state index contributed by atoms with van der Waals surface area (Å²) in [5, 5.41) is 4.09. The zero-order chi connectivity index (χ0) is 14.5. The van der Waals surface area contributed by atoms with Crippen molar-refractivity contribution in [1.82, 2.24) is 14.7 Å². The van der Waals surface area contributed by atoms with Crippen LogP contribution in [0.25, 0.3) is 0 Å². The molecular formula is C14H21N3O3. The summed E-state index contributed by atoms with van der Waals surface area (Å²) < 4.78 is 6.68. The SMILES string of the molecule is CCOC(=O)[C@@H]1CCCN(C(=O)C(C)n2cccn2)C1. The molecule has 1 aliphatic heterocycles. The normalized spacial score (nSPS) is 20.5. The van der Waals surface area contributed by atoms with E-state index in [0.717, 1.165) is 12.8 Å². The minimum Gasteiger partial charge on any atom is -0.466 e. The third-order valence-corrected chi connectivity index (χ3v) is 3.63. The van der Waals surface area contributed by atoms with E-state index in [2.05, 4.69) is 5.10 Å². The van der Waals surface area contributed by atoms with E-state index in [-0.39, 0.29) is 23.8 Å². The van der Waals surface area contributed by atoms with Gasteiger partial charge in [-0.05, 0) is 32.8 Å². The van der Waals surface area contributed by atoms with Crippen molar-refractivity contribution in [2.24, 2.45) is 5.92 Å². The molecule has 1 unspecified atom stereocenters. The molecule has 1 fully saturated rings. The minimum absolute atomic E-state index is 0.00250. The molecule has 2 atom stereocenters. The predicted octanol–water partition coefficient (Wildman–Crippen LogP) is 1.25. The lowest BCUT2D eigenvalue weighted by Gasteiger charge is -2.33. The van der Waals surface area contributed by atoms with Crippen LogP contribution in [0.2, 0.25) is 0 Å². The van der Waals surface area contributed by atoms with Crippen LogP contribution in [0, 0.1) is 5.92 Å². The summed E-state index contributed by atoms with van der Waals surface area (Å²) in [7, 11) is 0. The molecule has 0 N–H and O–H groups in total. The molecule has 20 heavy (non-hydrogen) atoms. The Morgan fingerprint density at radius 3 is 2.95 bits per heavy atom. The second-order valence-corrected chi connectivity index (χ2v) is 5.04. The molecule has 6 heteroatoms. The van der Waals surface area contributed by atoms with Crippen LogP contribution < -0.4 is 0 Å². The zero-order valence-electron chi connectivity index (χ0n) is 12.0. The topological polar surface area (TPSA) is 64.4 Å². The van der Waals surface area contributed by atoms with Crippen LogP contribution in [-0.2, 0) is 14.3 Å². The molecule has 1 aromatic heterocycles. The number of amides is 1. The Kier molecular flexibility index (Phi) is 4.76. The quantitative estimate of drug-likeness (QED) is 0.778. The van der Waals surface area contributed by atoms with Gasteiger partial charge in [-0.15, -0.1) is 0 Å². The number of rotatable bonds is 4. The maximum Gasteiger partial charge on any atom is 0.310 e. The highest BCUT2D eigenvalue weighted by molar-refractivity contribution is 5.81. The number of ether oxygens (including phenoxy) is 1. The first kappa shape index (κ1) is 14.6. The molecule has 2 heterocycles. The lowest BCUT2D eigenvalue weighted by atomic mass is 9.97. The van der Waals surface area contributed by atoms with Gasteiger partial charge >= 0.3 is 5.97 Å². The molecule has 2 rings (SSSR count). The number of piperidine rings is 1. The van der Waals surface area contributed by atoms with Crippen LogP contribution in [-0.4, -0.2) is 46.3 Å². The second-order valence-electron chi connectivity index (χ2n) is 5.04. The lowest BCUT2D eigenvalue weighted by molar-refractivity contribution is -0.151. The number of aromatic nitrogens is 2. The predicted molar refractivity (Wildman–Crippen MR) is 72.9 cm³/mol. The lowest BCUT2D eigenvalue weighted by Crippen LogP contribution is -2.45. The van der Waals surface area contributed by atoms with Gasteiger partial charge in [0.2, 0.25) is 5.91 Å². The summed E-state index contributed by atoms with van der Waals surface area (Å²) in [5.41, 5.74) is 0. The summed E-state index contributed by atoms with van der Waals surface area (Å²) in [6, 6.07) is 1.45. The second kappa shape index (κ2) is 6.54. The number of hydrogen-bond donors (Lipinski definition) is 0. The van der Waals surface area contributed by atoms with Crippen LogP contribution in [0.1, 0.15) is 32.7 Å². The molecule has 0 saturated carbocycles. The summed E-state index contributed by atoms with van der Waals surface area (Å²) >= 11 is 0. The van der Waals surface area contributed by atoms with Gasteiger partial charge in [0.15, 0.2) is 0 Å². The standard InChI is InChI=1S/C14H21N3O3/c1-3-20-14(19)12-6-4-8-16(10-12)13(18)11(2)17-9-5-7-15-17/h5,7,9,11-12H,3-4,6,8,10H2,1-2H3/t11?,12-/m1/s1. The highest BCUT2D eigenvalue weighted by atomic mass is 16.5. The first-order valence-electron chi connectivity index (χ1n) is 7.08. The largest absolute Gasteiger partial charge is 0.466 e. The van der Waals surface area contributed by atoms with Crippen LogP contribution in [0.15, 0.2) is 18.5 Å². The van der Waals surface area contributed by atoms with Crippen molar-refractivity contribution in [2.45, 2.75) is 32.7 Å². The molecule has 1 aliphatic rings. The zero-order valence-corrected chi connectivity index (χ0v) is 12.0. The van der Waals surface area contributed by atoms with E-state index >= 15 is 0 Å². The smallest absolute Gasteiger partial charge is 0.310 e. The Bertz CT molecular complexity index is 458. The maximum atomic E-state index is 12.4. The Labute approximate surface area is 118 Å². The van der Waals surface area contributed by atoms with Gasteiger partial charge < -0.3 is 9.64 Å². The molecule has 0 radical (unpaired) electrons. The fourth-order valence-electron chi connectivity index (χ4n) is 2.52. The van der Waals surface area contributed by atoms with Gasteiger partial charge in [-0.3, -0.25) is 14.3 Å². The van der Waals surface area contributed by atoms with Gasteiger partial charge in [0, 0.05) is 25.5 Å². The van der Waals surface area contributed by atoms with Gasteiger partial charge in [-0.1, -0.05) is 0 Å². The summed E-state index contributed by atoms with van der Waals surface area (Å²) in [5.74, 6) is -0.392. The monoisotopic (exact) mass is 279 g/mol. The molecule has 0 bridgehead atoms.